The van der Waals surface area contributed by atoms with Gasteiger partial charge in [0, 0.05) is 6.54 Å². The van der Waals surface area contributed by atoms with Crippen LogP contribution in [0.4, 0.5) is 12.0 Å². The van der Waals surface area contributed by atoms with Crippen LogP contribution in [0.2, 0.25) is 0 Å². The second kappa shape index (κ2) is 3.81. The van der Waals surface area contributed by atoms with Gasteiger partial charge in [0.2, 0.25) is 0 Å². The molecule has 0 bridgehead atoms. The van der Waals surface area contributed by atoms with Gasteiger partial charge in [-0.15, -0.1) is 0 Å². The highest BCUT2D eigenvalue weighted by Gasteiger charge is 2.23. The predicted molar refractivity (Wildman–Crippen MR) is 47.7 cm³/mol. The van der Waals surface area contributed by atoms with Gasteiger partial charge in [-0.25, -0.2) is 0 Å². The van der Waals surface area contributed by atoms with Crippen molar-refractivity contribution in [1.82, 2.24) is 10.2 Å². The van der Waals surface area contributed by atoms with Crippen molar-refractivity contribution in [3.63, 3.8) is 0 Å². The van der Waals surface area contributed by atoms with E-state index in [0.717, 1.165) is 0 Å². The van der Waals surface area contributed by atoms with Crippen LogP contribution in [0.25, 0.3) is 0 Å². The number of anilines is 2. The Balaban J connectivity index is 2.04. The molecule has 1 aliphatic heterocycles. The summed E-state index contributed by atoms with van der Waals surface area (Å²) in [6.45, 7) is 1.73. The topological polar surface area (TPSA) is 97.6 Å². The van der Waals surface area contributed by atoms with Crippen LogP contribution >= 0.6 is 0 Å². The molecule has 1 aliphatic rings. The highest BCUT2D eigenvalue weighted by atomic mass is 16.5. The minimum Gasteiger partial charge on any atom is -0.394 e. The van der Waals surface area contributed by atoms with Crippen LogP contribution in [0.15, 0.2) is 4.42 Å². The molecule has 0 spiro atoms. The molecule has 1 aromatic heterocycles. The lowest BCUT2D eigenvalue weighted by molar-refractivity contribution is 0.00231. The molecule has 3 N–H and O–H groups in total. The molecule has 14 heavy (non-hydrogen) atoms. The quantitative estimate of drug-likeness (QED) is 0.622. The van der Waals surface area contributed by atoms with Crippen molar-refractivity contribution < 1.29 is 14.3 Å². The molecule has 1 atom stereocenters. The van der Waals surface area contributed by atoms with Gasteiger partial charge in [0.25, 0.3) is 0 Å². The van der Waals surface area contributed by atoms with Crippen LogP contribution in [0, 0.1) is 0 Å². The third kappa shape index (κ3) is 1.78. The smallest absolute Gasteiger partial charge is 0.319 e. The lowest BCUT2D eigenvalue weighted by atomic mass is 10.3. The molecule has 0 aromatic carbocycles. The first-order valence-electron chi connectivity index (χ1n) is 4.36. The van der Waals surface area contributed by atoms with Crippen LogP contribution in [0.3, 0.4) is 0 Å². The van der Waals surface area contributed by atoms with E-state index in [0.29, 0.717) is 25.7 Å². The van der Waals surface area contributed by atoms with Gasteiger partial charge in [-0.1, -0.05) is 10.2 Å². The molecular formula is C7H12N4O3. The average Bonchev–Trinajstić information content (AvgIpc) is 2.65. The van der Waals surface area contributed by atoms with E-state index in [2.05, 4.69) is 10.2 Å². The number of aliphatic hydroxyl groups excluding tert-OH is 1. The number of ether oxygens (including phenoxy) is 1. The van der Waals surface area contributed by atoms with Crippen LogP contribution < -0.4 is 10.6 Å². The summed E-state index contributed by atoms with van der Waals surface area (Å²) in [4.78, 5) is 1.84. The fraction of sp³-hybridized carbons (Fsp3) is 0.714. The van der Waals surface area contributed by atoms with Crippen molar-refractivity contribution in [2.75, 3.05) is 36.9 Å². The van der Waals surface area contributed by atoms with E-state index in [-0.39, 0.29) is 18.7 Å². The maximum absolute atomic E-state index is 8.92. The van der Waals surface area contributed by atoms with Crippen LogP contribution in [-0.4, -0.2) is 47.7 Å². The predicted octanol–water partition coefficient (Wildman–Crippen LogP) is -1.15. The zero-order chi connectivity index (χ0) is 9.97. The molecule has 0 radical (unpaired) electrons. The van der Waals surface area contributed by atoms with Gasteiger partial charge in [-0.2, -0.15) is 0 Å². The summed E-state index contributed by atoms with van der Waals surface area (Å²) in [5.41, 5.74) is 5.30. The molecule has 2 rings (SSSR count). The van der Waals surface area contributed by atoms with Crippen molar-refractivity contribution in [3.8, 4) is 0 Å². The minimum absolute atomic E-state index is 0.0138. The lowest BCUT2D eigenvalue weighted by Crippen LogP contribution is -2.44. The summed E-state index contributed by atoms with van der Waals surface area (Å²) in [5.74, 6) is 0. The minimum atomic E-state index is -0.197. The number of morpholine rings is 1. The Labute approximate surface area is 80.5 Å². The second-order valence-electron chi connectivity index (χ2n) is 3.04. The summed E-state index contributed by atoms with van der Waals surface area (Å²) in [6.07, 6.45) is -0.197. The van der Waals surface area contributed by atoms with Gasteiger partial charge in [-0.3, -0.25) is 0 Å². The van der Waals surface area contributed by atoms with E-state index in [1.54, 1.807) is 0 Å². The summed E-state index contributed by atoms with van der Waals surface area (Å²) in [7, 11) is 0. The van der Waals surface area contributed by atoms with E-state index in [1.165, 1.54) is 0 Å². The SMILES string of the molecule is Nc1nnc(N2CCOC(CO)C2)o1. The lowest BCUT2D eigenvalue weighted by Gasteiger charge is -2.30. The fourth-order valence-electron chi connectivity index (χ4n) is 1.36. The van der Waals surface area contributed by atoms with E-state index < -0.39 is 0 Å². The molecule has 1 aromatic rings. The maximum Gasteiger partial charge on any atom is 0.319 e. The number of nitrogen functional groups attached to an aromatic ring is 1. The second-order valence-corrected chi connectivity index (χ2v) is 3.04. The van der Waals surface area contributed by atoms with Gasteiger partial charge in [0.15, 0.2) is 0 Å². The number of hydrogen-bond acceptors (Lipinski definition) is 7. The molecule has 7 nitrogen and oxygen atoms in total. The van der Waals surface area contributed by atoms with E-state index in [9.17, 15) is 0 Å². The van der Waals surface area contributed by atoms with E-state index >= 15 is 0 Å². The first-order valence-corrected chi connectivity index (χ1v) is 4.36. The van der Waals surface area contributed by atoms with Gasteiger partial charge in [0.1, 0.15) is 0 Å². The first-order chi connectivity index (χ1) is 6.79. The zero-order valence-corrected chi connectivity index (χ0v) is 7.59. The number of aromatic nitrogens is 2. The molecule has 7 heteroatoms. The normalized spacial score (nSPS) is 22.6. The number of nitrogens with two attached hydrogens (primary N) is 1. The molecule has 1 saturated heterocycles. The number of hydrogen-bond donors (Lipinski definition) is 2. The molecule has 78 valence electrons. The van der Waals surface area contributed by atoms with Crippen LogP contribution in [0.5, 0.6) is 0 Å². The number of rotatable bonds is 2. The summed E-state index contributed by atoms with van der Waals surface area (Å²) in [5, 5.41) is 16.2. The monoisotopic (exact) mass is 200 g/mol. The van der Waals surface area contributed by atoms with Gasteiger partial charge in [-0.05, 0) is 0 Å². The fourth-order valence-corrected chi connectivity index (χ4v) is 1.36. The van der Waals surface area contributed by atoms with Gasteiger partial charge < -0.3 is 24.9 Å². The number of aliphatic hydroxyl groups is 1. The maximum atomic E-state index is 8.92. The Kier molecular flexibility index (Phi) is 2.51. The molecule has 1 fully saturated rings. The van der Waals surface area contributed by atoms with E-state index in [1.807, 2.05) is 4.90 Å². The molecule has 0 aliphatic carbocycles. The highest BCUT2D eigenvalue weighted by molar-refractivity contribution is 5.28. The molecule has 1 unspecified atom stereocenters. The van der Waals surface area contributed by atoms with Crippen molar-refractivity contribution in [1.29, 1.82) is 0 Å². The van der Waals surface area contributed by atoms with Gasteiger partial charge in [0.05, 0.1) is 25.9 Å². The summed E-state index contributed by atoms with van der Waals surface area (Å²) >= 11 is 0. The third-order valence-electron chi connectivity index (χ3n) is 2.04. The highest BCUT2D eigenvalue weighted by Crippen LogP contribution is 2.16. The summed E-state index contributed by atoms with van der Waals surface area (Å²) < 4.78 is 10.3. The Bertz CT molecular complexity index is 303. The molecule has 0 saturated carbocycles. The Hall–Kier alpha value is -1.34. The number of nitrogens with zero attached hydrogens (tertiary/aromatic N) is 3. The zero-order valence-electron chi connectivity index (χ0n) is 7.59. The van der Waals surface area contributed by atoms with Crippen LogP contribution in [0.1, 0.15) is 0 Å². The van der Waals surface area contributed by atoms with Crippen LogP contribution in [-0.2, 0) is 4.74 Å². The molecule has 2 heterocycles. The Morgan fingerprint density at radius 3 is 3.07 bits per heavy atom. The van der Waals surface area contributed by atoms with Crippen molar-refractivity contribution in [2.45, 2.75) is 6.10 Å². The van der Waals surface area contributed by atoms with Crippen molar-refractivity contribution >= 4 is 12.0 Å². The molecular weight excluding hydrogens is 188 g/mol. The van der Waals surface area contributed by atoms with Crippen molar-refractivity contribution in [3.05, 3.63) is 0 Å². The molecule has 0 amide bonds. The third-order valence-corrected chi connectivity index (χ3v) is 2.04. The summed E-state index contributed by atoms with van der Waals surface area (Å²) in [6, 6.07) is 0.427. The Morgan fingerprint density at radius 1 is 1.57 bits per heavy atom. The largest absolute Gasteiger partial charge is 0.394 e. The first kappa shape index (κ1) is 9.22. The van der Waals surface area contributed by atoms with E-state index in [4.69, 9.17) is 20.0 Å². The Morgan fingerprint density at radius 2 is 2.43 bits per heavy atom. The van der Waals surface area contributed by atoms with Gasteiger partial charge >= 0.3 is 12.0 Å². The average molecular weight is 200 g/mol. The standard InChI is InChI=1S/C7H12N4O3/c8-6-9-10-7(14-6)11-1-2-13-5(3-11)4-12/h5,12H,1-4H2,(H2,8,9). The van der Waals surface area contributed by atoms with Crippen molar-refractivity contribution in [2.24, 2.45) is 0 Å².